The first-order valence-electron chi connectivity index (χ1n) is 8.52. The molecule has 142 valence electrons. The Morgan fingerprint density at radius 3 is 2.35 bits per heavy atom. The first-order valence-corrected chi connectivity index (χ1v) is 9.96. The molecule has 0 amide bonds. The molecule has 0 atom stereocenters. The number of rotatable bonds is 8. The van der Waals surface area contributed by atoms with Crippen molar-refractivity contribution in [2.75, 3.05) is 26.7 Å². The van der Waals surface area contributed by atoms with E-state index in [2.05, 4.69) is 5.32 Å². The molecular formula is C19H26N2O4S. The van der Waals surface area contributed by atoms with Gasteiger partial charge in [0.25, 0.3) is 0 Å². The summed E-state index contributed by atoms with van der Waals surface area (Å²) in [5, 5.41) is 12.8. The quantitative estimate of drug-likeness (QED) is 0.738. The summed E-state index contributed by atoms with van der Waals surface area (Å²) in [6.45, 7) is 6.85. The molecule has 0 fully saturated rings. The van der Waals surface area contributed by atoms with Crippen molar-refractivity contribution in [2.24, 2.45) is 0 Å². The summed E-state index contributed by atoms with van der Waals surface area (Å²) in [4.78, 5) is -0.0467. The zero-order valence-electron chi connectivity index (χ0n) is 15.6. The van der Waals surface area contributed by atoms with Gasteiger partial charge in [0.2, 0.25) is 10.0 Å². The lowest BCUT2D eigenvalue weighted by Gasteiger charge is -2.22. The fourth-order valence-corrected chi connectivity index (χ4v) is 4.31. The number of phenolic OH excluding ortho intramolecular Hbond substituents is 1. The average molecular weight is 378 g/mol. The Kier molecular flexibility index (Phi) is 6.63. The van der Waals surface area contributed by atoms with Crippen molar-refractivity contribution in [3.05, 3.63) is 47.5 Å². The molecule has 7 heteroatoms. The Labute approximate surface area is 155 Å². The van der Waals surface area contributed by atoms with E-state index in [1.165, 1.54) is 22.5 Å². The normalized spacial score (nSPS) is 11.7. The van der Waals surface area contributed by atoms with Crippen LogP contribution in [0.3, 0.4) is 0 Å². The number of benzene rings is 2. The van der Waals surface area contributed by atoms with Crippen LogP contribution in [0.2, 0.25) is 0 Å². The molecule has 0 saturated heterocycles. The van der Waals surface area contributed by atoms with E-state index in [-0.39, 0.29) is 16.4 Å². The monoisotopic (exact) mass is 378 g/mol. The molecule has 0 aromatic heterocycles. The molecule has 0 aliphatic heterocycles. The highest BCUT2D eigenvalue weighted by molar-refractivity contribution is 7.89. The van der Waals surface area contributed by atoms with E-state index in [4.69, 9.17) is 4.74 Å². The van der Waals surface area contributed by atoms with Crippen LogP contribution in [0.5, 0.6) is 17.2 Å². The van der Waals surface area contributed by atoms with Crippen molar-refractivity contribution < 1.29 is 18.3 Å². The van der Waals surface area contributed by atoms with E-state index in [0.29, 0.717) is 25.4 Å². The van der Waals surface area contributed by atoms with Crippen LogP contribution >= 0.6 is 0 Å². The van der Waals surface area contributed by atoms with Crippen LogP contribution in [0.4, 0.5) is 0 Å². The maximum absolute atomic E-state index is 13.1. The molecule has 0 heterocycles. The number of likely N-dealkylation sites (N-methyl/N-ethyl adjacent to an activating group) is 2. The first-order chi connectivity index (χ1) is 12.3. The fraction of sp³-hybridized carbons (Fsp3) is 0.368. The number of sulfonamides is 1. The lowest BCUT2D eigenvalue weighted by atomic mass is 10.1. The number of nitrogens with one attached hydrogen (secondary N) is 1. The van der Waals surface area contributed by atoms with E-state index in [1.54, 1.807) is 14.0 Å². The van der Waals surface area contributed by atoms with Crippen molar-refractivity contribution >= 4 is 10.0 Å². The topological polar surface area (TPSA) is 78.9 Å². The summed E-state index contributed by atoms with van der Waals surface area (Å²) in [5.41, 5.74) is 2.04. The fourth-order valence-electron chi connectivity index (χ4n) is 2.73. The Morgan fingerprint density at radius 2 is 1.77 bits per heavy atom. The standard InChI is InChI=1S/C19H26N2O4S/c1-5-21(9-8-20-4)26(23,24)19-13-16(22)6-7-18(19)25-17-11-14(2)10-15(3)12-17/h6-7,10-13,20,22H,5,8-9H2,1-4H3. The van der Waals surface area contributed by atoms with Gasteiger partial charge in [-0.05, 0) is 56.3 Å². The third-order valence-corrected chi connectivity index (χ3v) is 5.93. The second-order valence-electron chi connectivity index (χ2n) is 6.16. The summed E-state index contributed by atoms with van der Waals surface area (Å²) in [7, 11) is -2.04. The van der Waals surface area contributed by atoms with Gasteiger partial charge >= 0.3 is 0 Å². The third kappa shape index (κ3) is 4.75. The molecule has 0 saturated carbocycles. The number of nitrogens with zero attached hydrogens (tertiary/aromatic N) is 1. The zero-order chi connectivity index (χ0) is 19.3. The van der Waals surface area contributed by atoms with Gasteiger partial charge in [0.15, 0.2) is 0 Å². The molecule has 0 spiro atoms. The lowest BCUT2D eigenvalue weighted by molar-refractivity contribution is 0.414. The van der Waals surface area contributed by atoms with Crippen LogP contribution in [-0.4, -0.2) is 44.5 Å². The van der Waals surface area contributed by atoms with Gasteiger partial charge in [-0.15, -0.1) is 0 Å². The van der Waals surface area contributed by atoms with Gasteiger partial charge in [0.1, 0.15) is 22.1 Å². The van der Waals surface area contributed by atoms with Crippen LogP contribution in [0.1, 0.15) is 18.1 Å². The SMILES string of the molecule is CCN(CCNC)S(=O)(=O)c1cc(O)ccc1Oc1cc(C)cc(C)c1. The highest BCUT2D eigenvalue weighted by Crippen LogP contribution is 2.34. The minimum absolute atomic E-state index is 0.0467. The van der Waals surface area contributed by atoms with Crippen molar-refractivity contribution in [2.45, 2.75) is 25.7 Å². The zero-order valence-corrected chi connectivity index (χ0v) is 16.4. The molecule has 0 bridgehead atoms. The number of hydrogen-bond donors (Lipinski definition) is 2. The maximum Gasteiger partial charge on any atom is 0.246 e. The van der Waals surface area contributed by atoms with E-state index in [0.717, 1.165) is 11.1 Å². The molecule has 2 aromatic carbocycles. The third-order valence-electron chi connectivity index (χ3n) is 3.93. The Balaban J connectivity index is 2.46. The Hall–Kier alpha value is -2.09. The van der Waals surface area contributed by atoms with Gasteiger partial charge in [-0.3, -0.25) is 0 Å². The number of aromatic hydroxyl groups is 1. The van der Waals surface area contributed by atoms with E-state index in [1.807, 2.05) is 32.0 Å². The molecule has 2 aromatic rings. The predicted octanol–water partition coefficient (Wildman–Crippen LogP) is 3.03. The van der Waals surface area contributed by atoms with Crippen LogP contribution in [0, 0.1) is 13.8 Å². The summed E-state index contributed by atoms with van der Waals surface area (Å²) >= 11 is 0. The Morgan fingerprint density at radius 1 is 1.12 bits per heavy atom. The van der Waals surface area contributed by atoms with Crippen LogP contribution in [0.25, 0.3) is 0 Å². The highest BCUT2D eigenvalue weighted by Gasteiger charge is 2.27. The van der Waals surface area contributed by atoms with E-state index >= 15 is 0 Å². The second kappa shape index (κ2) is 8.53. The molecule has 0 unspecified atom stereocenters. The van der Waals surface area contributed by atoms with Crippen LogP contribution < -0.4 is 10.1 Å². The second-order valence-corrected chi connectivity index (χ2v) is 8.06. The lowest BCUT2D eigenvalue weighted by Crippen LogP contribution is -2.36. The minimum Gasteiger partial charge on any atom is -0.508 e. The van der Waals surface area contributed by atoms with Crippen LogP contribution in [-0.2, 0) is 10.0 Å². The predicted molar refractivity (Wildman–Crippen MR) is 102 cm³/mol. The van der Waals surface area contributed by atoms with Gasteiger partial charge in [-0.1, -0.05) is 13.0 Å². The first kappa shape index (κ1) is 20.2. The number of ether oxygens (including phenoxy) is 1. The number of hydrogen-bond acceptors (Lipinski definition) is 5. The Bertz CT molecular complexity index is 846. The van der Waals surface area contributed by atoms with Gasteiger partial charge in [-0.25, -0.2) is 8.42 Å². The van der Waals surface area contributed by atoms with Crippen molar-refractivity contribution in [1.82, 2.24) is 9.62 Å². The van der Waals surface area contributed by atoms with Crippen molar-refractivity contribution in [1.29, 1.82) is 0 Å². The molecule has 26 heavy (non-hydrogen) atoms. The number of phenols is 1. The minimum atomic E-state index is -3.81. The maximum atomic E-state index is 13.1. The van der Waals surface area contributed by atoms with Crippen molar-refractivity contribution in [3.8, 4) is 17.2 Å². The van der Waals surface area contributed by atoms with Gasteiger partial charge in [0, 0.05) is 25.7 Å². The molecule has 0 radical (unpaired) electrons. The molecule has 0 aliphatic rings. The molecule has 6 nitrogen and oxygen atoms in total. The van der Waals surface area contributed by atoms with Crippen LogP contribution in [0.15, 0.2) is 41.3 Å². The summed E-state index contributed by atoms with van der Waals surface area (Å²) < 4.78 is 33.4. The van der Waals surface area contributed by atoms with Gasteiger partial charge < -0.3 is 15.2 Å². The number of aryl methyl sites for hydroxylation is 2. The average Bonchev–Trinajstić information content (AvgIpc) is 2.56. The molecule has 0 aliphatic carbocycles. The van der Waals surface area contributed by atoms with Crippen molar-refractivity contribution in [3.63, 3.8) is 0 Å². The summed E-state index contributed by atoms with van der Waals surface area (Å²) in [6, 6.07) is 9.82. The molecule has 2 rings (SSSR count). The van der Waals surface area contributed by atoms with Gasteiger partial charge in [-0.2, -0.15) is 4.31 Å². The van der Waals surface area contributed by atoms with E-state index < -0.39 is 10.0 Å². The molecular weight excluding hydrogens is 352 g/mol. The summed E-state index contributed by atoms with van der Waals surface area (Å²) in [5.74, 6) is 0.625. The van der Waals surface area contributed by atoms with Gasteiger partial charge in [0.05, 0.1) is 0 Å². The van der Waals surface area contributed by atoms with E-state index in [9.17, 15) is 13.5 Å². The summed E-state index contributed by atoms with van der Waals surface area (Å²) in [6.07, 6.45) is 0. The highest BCUT2D eigenvalue weighted by atomic mass is 32.2. The largest absolute Gasteiger partial charge is 0.508 e. The smallest absolute Gasteiger partial charge is 0.246 e. The molecule has 2 N–H and O–H groups in total.